The van der Waals surface area contributed by atoms with Crippen LogP contribution in [0.15, 0.2) is 157 Å². The number of ether oxygens (including phenoxy) is 2. The van der Waals surface area contributed by atoms with Crippen LogP contribution in [0.25, 0.3) is 11.3 Å². The van der Waals surface area contributed by atoms with Gasteiger partial charge in [0.25, 0.3) is 17.7 Å². The fraction of sp³-hybridized carbons (Fsp3) is 0.317. The van der Waals surface area contributed by atoms with Crippen molar-refractivity contribution in [1.82, 2.24) is 36.1 Å². The first-order valence-electron chi connectivity index (χ1n) is 35.7. The first kappa shape index (κ1) is 79.5. The van der Waals surface area contributed by atoms with Gasteiger partial charge in [0.1, 0.15) is 42.2 Å². The van der Waals surface area contributed by atoms with Crippen molar-refractivity contribution in [3.8, 4) is 22.8 Å². The normalized spacial score (nSPS) is 15.1. The van der Waals surface area contributed by atoms with Crippen molar-refractivity contribution in [3.05, 3.63) is 262 Å². The molecule has 5 aliphatic heterocycles. The van der Waals surface area contributed by atoms with E-state index in [1.165, 1.54) is 23.3 Å². The number of aliphatic hydroxyl groups excluding tert-OH is 1. The Hall–Kier alpha value is -9.57. The standard InChI is InChI=1S/C22H21ClN2O2S.C22H24FN3O3.C19H20ClFN2O3.C19H21FN2O3/c1-22(2)13-25(10-16-7-6-15(9-18(16)22)20(27)11-26)21-24-19(12-28-21)14-4-3-5-17(23)8-14;23-19-14-17(22(28)24-29)13-16-5-9-25(10-7-18(16)19)11-8-21(27)26-12-6-15-3-1-2-4-20(15)26;20-15-1-3-16(4-2-15)26-10-9-23-7-5-13-11-14(19(24)22-25)12-18(21)17(13)6-8-23;1-25-16-4-2-3-13(9-16)12-22-7-5-14-10-15(19(23)21-24)11-18(20)17(14)6-8-22/h3-9,12,26H,10-11,13H2,1-2H3;1-4,13-14,29H,5-12H2,(H,24,28);1-4,11-12,25H,5-10H2,(H,22,24);2-4,9-11,24H,5-8,12H2,1H3,(H,21,23). The molecule has 0 spiro atoms. The van der Waals surface area contributed by atoms with Crippen LogP contribution in [0.5, 0.6) is 11.5 Å². The lowest BCUT2D eigenvalue weighted by Gasteiger charge is -2.40. The van der Waals surface area contributed by atoms with E-state index in [-0.39, 0.29) is 39.6 Å². The summed E-state index contributed by atoms with van der Waals surface area (Å²) in [5.41, 5.74) is 17.4. The SMILES string of the molecule is CC1(C)CN(c2nc(-c3cccc(Cl)c3)cs2)Cc2ccc(C(=O)CO)cc21.COc1cccc(CN2CCc3cc(C(=O)NO)cc(F)c3CC2)c1.O=C(NO)c1cc(F)c2c(c1)CCN(CCC(=O)N1CCc3ccccc31)CC2.O=C(NO)c1cc(F)c2c(c1)CCN(CCOc1ccc(Cl)cc1)CC2. The van der Waals surface area contributed by atoms with Gasteiger partial charge in [0.05, 0.1) is 12.8 Å². The van der Waals surface area contributed by atoms with Gasteiger partial charge in [-0.1, -0.05) is 91.6 Å². The summed E-state index contributed by atoms with van der Waals surface area (Å²) < 4.78 is 54.1. The monoisotopic (exact) mass is 1530 g/mol. The van der Waals surface area contributed by atoms with Crippen LogP contribution in [0, 0.1) is 17.5 Å². The average molecular weight is 1530 g/mol. The fourth-order valence-corrected chi connectivity index (χ4v) is 15.5. The molecule has 8 aromatic carbocycles. The van der Waals surface area contributed by atoms with Gasteiger partial charge >= 0.3 is 0 Å². The van der Waals surface area contributed by atoms with Crippen molar-refractivity contribution in [3.63, 3.8) is 0 Å². The van der Waals surface area contributed by atoms with E-state index in [1.807, 2.05) is 95.9 Å². The molecular formula is C82H86Cl2F3N9O11S. The van der Waals surface area contributed by atoms with Crippen LogP contribution in [0.1, 0.15) is 117 Å². The van der Waals surface area contributed by atoms with Gasteiger partial charge in [-0.2, -0.15) is 0 Å². The third-order valence-corrected chi connectivity index (χ3v) is 21.5. The largest absolute Gasteiger partial charge is 0.497 e. The lowest BCUT2D eigenvalue weighted by molar-refractivity contribution is -0.118. The van der Waals surface area contributed by atoms with Gasteiger partial charge in [-0.05, 0) is 198 Å². The number of carbonyl (C=O) groups is 5. The van der Waals surface area contributed by atoms with E-state index >= 15 is 0 Å². The summed E-state index contributed by atoms with van der Waals surface area (Å²) in [4.78, 5) is 74.9. The second-order valence-corrected chi connectivity index (χ2v) is 29.3. The molecular weight excluding hydrogens is 1450 g/mol. The van der Waals surface area contributed by atoms with Gasteiger partial charge in [-0.15, -0.1) is 11.3 Å². The summed E-state index contributed by atoms with van der Waals surface area (Å²) in [6.07, 6.45) is 4.90. The summed E-state index contributed by atoms with van der Waals surface area (Å²) in [7, 11) is 1.64. The molecule has 1 aromatic heterocycles. The molecule has 9 aromatic rings. The van der Waals surface area contributed by atoms with E-state index in [0.29, 0.717) is 103 Å². The van der Waals surface area contributed by atoms with Crippen molar-refractivity contribution in [2.24, 2.45) is 0 Å². The third kappa shape index (κ3) is 20.2. The topological polar surface area (TPSA) is 250 Å². The van der Waals surface area contributed by atoms with Gasteiger partial charge in [-0.3, -0.25) is 49.4 Å². The number of aromatic nitrogens is 1. The van der Waals surface area contributed by atoms with Crippen LogP contribution in [0.2, 0.25) is 10.0 Å². The molecule has 0 unspecified atom stereocenters. The van der Waals surface area contributed by atoms with Gasteiger partial charge in [0.2, 0.25) is 5.91 Å². The Morgan fingerprint density at radius 3 is 1.69 bits per heavy atom. The number of halogens is 5. The average Bonchev–Trinajstić information content (AvgIpc) is 1.10. The number of thiazole rings is 1. The summed E-state index contributed by atoms with van der Waals surface area (Å²) >= 11 is 13.6. The first-order chi connectivity index (χ1) is 52.1. The van der Waals surface area contributed by atoms with E-state index in [4.69, 9.17) is 58.4 Å². The van der Waals surface area contributed by atoms with Crippen LogP contribution >= 0.6 is 34.5 Å². The number of Topliss-reactive ketones (excluding diaryl/α,β-unsaturated/α-hetero) is 1. The number of hydrogen-bond acceptors (Lipinski definition) is 17. The molecule has 0 saturated heterocycles. The number of nitrogens with zero attached hydrogens (tertiary/aromatic N) is 6. The van der Waals surface area contributed by atoms with E-state index in [0.717, 1.165) is 133 Å². The molecule has 26 heteroatoms. The van der Waals surface area contributed by atoms with E-state index in [2.05, 4.69) is 44.9 Å². The molecule has 14 rings (SSSR count). The van der Waals surface area contributed by atoms with Crippen molar-refractivity contribution < 1.29 is 67.3 Å². The molecule has 20 nitrogen and oxygen atoms in total. The number of nitrogens with one attached hydrogen (secondary N) is 3. The van der Waals surface area contributed by atoms with Gasteiger partial charge in [-0.25, -0.2) is 34.6 Å². The number of anilines is 2. The van der Waals surface area contributed by atoms with Crippen LogP contribution in [-0.2, 0) is 68.2 Å². The fourth-order valence-electron chi connectivity index (χ4n) is 14.4. The number of fused-ring (bicyclic) bond motifs is 5. The maximum atomic E-state index is 14.5. The highest BCUT2D eigenvalue weighted by Gasteiger charge is 2.34. The second kappa shape index (κ2) is 37.0. The Bertz CT molecular complexity index is 4720. The minimum absolute atomic E-state index is 0.111. The van der Waals surface area contributed by atoms with Crippen LogP contribution in [0.4, 0.5) is 24.0 Å². The maximum Gasteiger partial charge on any atom is 0.274 e. The zero-order valence-electron chi connectivity index (χ0n) is 60.2. The quantitative estimate of drug-likeness (QED) is 0.0254. The van der Waals surface area contributed by atoms with Gasteiger partial charge in [0.15, 0.2) is 10.9 Å². The molecule has 0 atom stereocenters. The summed E-state index contributed by atoms with van der Waals surface area (Å²) in [5.74, 6) is -1.88. The zero-order chi connectivity index (χ0) is 76.6. The number of rotatable bonds is 17. The molecule has 0 aliphatic carbocycles. The number of benzene rings is 8. The Morgan fingerprint density at radius 1 is 0.556 bits per heavy atom. The molecule has 0 bridgehead atoms. The number of methoxy groups -OCH3 is 1. The first-order valence-corrected chi connectivity index (χ1v) is 37.3. The van der Waals surface area contributed by atoms with E-state index < -0.39 is 36.0 Å². The van der Waals surface area contributed by atoms with Crippen molar-refractivity contribution in [1.29, 1.82) is 0 Å². The number of para-hydroxylation sites is 1. The van der Waals surface area contributed by atoms with Crippen LogP contribution in [-0.4, -0.2) is 156 Å². The number of aliphatic hydroxyl groups is 1. The number of amides is 4. The van der Waals surface area contributed by atoms with Crippen LogP contribution < -0.4 is 35.7 Å². The van der Waals surface area contributed by atoms with Gasteiger partial charge < -0.3 is 29.3 Å². The smallest absolute Gasteiger partial charge is 0.274 e. The lowest BCUT2D eigenvalue weighted by Crippen LogP contribution is -2.42. The predicted molar refractivity (Wildman–Crippen MR) is 409 cm³/mol. The summed E-state index contributed by atoms with van der Waals surface area (Å²) in [5, 5.41) is 39.8. The molecule has 4 amide bonds. The van der Waals surface area contributed by atoms with E-state index in [1.54, 1.807) is 71.3 Å². The molecule has 0 radical (unpaired) electrons. The lowest BCUT2D eigenvalue weighted by atomic mass is 9.77. The highest BCUT2D eigenvalue weighted by Crippen LogP contribution is 2.39. The minimum atomic E-state index is -0.718. The van der Waals surface area contributed by atoms with Crippen molar-refractivity contribution in [2.75, 3.05) is 95.6 Å². The Morgan fingerprint density at radius 2 is 1.11 bits per heavy atom. The van der Waals surface area contributed by atoms with Crippen molar-refractivity contribution >= 4 is 74.8 Å². The molecule has 108 heavy (non-hydrogen) atoms. The second-order valence-electron chi connectivity index (χ2n) is 27.6. The predicted octanol–water partition coefficient (Wildman–Crippen LogP) is 12.9. The van der Waals surface area contributed by atoms with E-state index in [9.17, 15) is 37.1 Å². The molecule has 0 saturated carbocycles. The Kier molecular flexibility index (Phi) is 27.2. The van der Waals surface area contributed by atoms with Crippen LogP contribution in [0.3, 0.4) is 0 Å². The molecule has 6 heterocycles. The van der Waals surface area contributed by atoms with Crippen molar-refractivity contribution in [2.45, 2.75) is 83.7 Å². The number of carbonyl (C=O) groups excluding carboxylic acids is 5. The minimum Gasteiger partial charge on any atom is -0.497 e. The molecule has 566 valence electrons. The number of hydrogen-bond donors (Lipinski definition) is 7. The highest BCUT2D eigenvalue weighted by molar-refractivity contribution is 7.14. The zero-order valence-corrected chi connectivity index (χ0v) is 62.5. The maximum absolute atomic E-state index is 14.5. The number of ketones is 1. The molecule has 0 fully saturated rings. The summed E-state index contributed by atoms with van der Waals surface area (Å²) in [6, 6.07) is 45.1. The highest BCUT2D eigenvalue weighted by atomic mass is 35.5. The third-order valence-electron chi connectivity index (χ3n) is 20.1. The Labute approximate surface area is 639 Å². The number of hydroxylamine groups is 3. The summed E-state index contributed by atoms with van der Waals surface area (Å²) in [6.45, 7) is 13.2. The molecule has 5 aliphatic rings. The molecule has 7 N–H and O–H groups in total. The van der Waals surface area contributed by atoms with Gasteiger partial charge in [0, 0.05) is 139 Å². The Balaban J connectivity index is 0.000000144.